The molecule has 3 heteroatoms. The summed E-state index contributed by atoms with van der Waals surface area (Å²) in [7, 11) is 0. The van der Waals surface area contributed by atoms with Crippen molar-refractivity contribution in [2.75, 3.05) is 6.61 Å². The van der Waals surface area contributed by atoms with Gasteiger partial charge in [0.2, 0.25) is 0 Å². The van der Waals surface area contributed by atoms with Crippen molar-refractivity contribution in [2.24, 2.45) is 0 Å². The van der Waals surface area contributed by atoms with Crippen molar-refractivity contribution in [2.45, 2.75) is 65.2 Å². The molecule has 0 aromatic heterocycles. The lowest BCUT2D eigenvalue weighted by Crippen LogP contribution is -1.99. The molecule has 0 aromatic rings. The summed E-state index contributed by atoms with van der Waals surface area (Å²) < 4.78 is 17.8. The first kappa shape index (κ1) is 17.9. The van der Waals surface area contributed by atoms with Crippen LogP contribution in [0.2, 0.25) is 0 Å². The number of esters is 1. The highest BCUT2D eigenvalue weighted by atomic mass is 19.1. The third-order valence-electron chi connectivity index (χ3n) is 2.75. The first-order valence-corrected chi connectivity index (χ1v) is 7.32. The number of hydrogen-bond acceptors (Lipinski definition) is 2. The third-order valence-corrected chi connectivity index (χ3v) is 2.75. The smallest absolute Gasteiger partial charge is 0.302 e. The van der Waals surface area contributed by atoms with Crippen molar-refractivity contribution in [3.8, 4) is 0 Å². The zero-order chi connectivity index (χ0) is 14.3. The van der Waals surface area contributed by atoms with E-state index in [9.17, 15) is 9.18 Å². The summed E-state index contributed by atoms with van der Waals surface area (Å²) in [6, 6.07) is 0. The number of allylic oxidation sites excluding steroid dienone is 4. The molecule has 0 fully saturated rings. The molecule has 0 saturated carbocycles. The van der Waals surface area contributed by atoms with Crippen LogP contribution in [0.25, 0.3) is 0 Å². The molecule has 2 nitrogen and oxygen atoms in total. The fourth-order valence-electron chi connectivity index (χ4n) is 1.75. The van der Waals surface area contributed by atoms with Gasteiger partial charge in [-0.2, -0.15) is 0 Å². The van der Waals surface area contributed by atoms with E-state index in [1.807, 2.05) is 13.0 Å². The van der Waals surface area contributed by atoms with E-state index in [0.717, 1.165) is 32.1 Å². The van der Waals surface area contributed by atoms with Gasteiger partial charge in [-0.05, 0) is 37.8 Å². The van der Waals surface area contributed by atoms with Crippen LogP contribution in [0.5, 0.6) is 0 Å². The maximum Gasteiger partial charge on any atom is 0.302 e. The number of halogens is 1. The summed E-state index contributed by atoms with van der Waals surface area (Å²) in [5.74, 6) is -0.330. The lowest BCUT2D eigenvalue weighted by molar-refractivity contribution is -0.141. The van der Waals surface area contributed by atoms with Gasteiger partial charge in [0.05, 0.1) is 6.61 Å². The fourth-order valence-corrected chi connectivity index (χ4v) is 1.75. The summed E-state index contributed by atoms with van der Waals surface area (Å²) in [6.45, 7) is 3.90. The standard InChI is InChI=1S/C16H27FO2/c1-3-12-16(17)13-10-8-6-4-5-7-9-11-14-19-15(2)18/h10,12-13H,3-9,11,14H2,1-2H3/b13-10-,16-12-. The van der Waals surface area contributed by atoms with Crippen LogP contribution in [0.15, 0.2) is 24.1 Å². The Hall–Kier alpha value is -1.12. The maximum atomic E-state index is 12.9. The van der Waals surface area contributed by atoms with E-state index in [1.54, 1.807) is 12.2 Å². The second-order valence-corrected chi connectivity index (χ2v) is 4.65. The van der Waals surface area contributed by atoms with Crippen LogP contribution in [0.1, 0.15) is 65.2 Å². The Balaban J connectivity index is 3.23. The van der Waals surface area contributed by atoms with Crippen LogP contribution in [-0.4, -0.2) is 12.6 Å². The molecule has 0 spiro atoms. The molecule has 0 heterocycles. The molecule has 0 amide bonds. The van der Waals surface area contributed by atoms with Crippen LogP contribution in [0.3, 0.4) is 0 Å². The predicted molar refractivity (Wildman–Crippen MR) is 77.6 cm³/mol. The molecule has 0 saturated heterocycles. The lowest BCUT2D eigenvalue weighted by Gasteiger charge is -2.02. The molecule has 0 unspecified atom stereocenters. The molecule has 0 rings (SSSR count). The summed E-state index contributed by atoms with van der Waals surface area (Å²) in [4.78, 5) is 10.5. The van der Waals surface area contributed by atoms with E-state index in [1.165, 1.54) is 26.2 Å². The lowest BCUT2D eigenvalue weighted by atomic mass is 10.1. The Morgan fingerprint density at radius 3 is 2.37 bits per heavy atom. The molecule has 0 radical (unpaired) electrons. The number of unbranched alkanes of at least 4 members (excludes halogenated alkanes) is 6. The summed E-state index contributed by atoms with van der Waals surface area (Å²) >= 11 is 0. The second kappa shape index (κ2) is 13.3. The number of carbonyl (C=O) groups excluding carboxylic acids is 1. The molecule has 0 bridgehead atoms. The van der Waals surface area contributed by atoms with Gasteiger partial charge in [-0.25, -0.2) is 4.39 Å². The average molecular weight is 270 g/mol. The molecule has 19 heavy (non-hydrogen) atoms. The summed E-state index contributed by atoms with van der Waals surface area (Å²) in [6.07, 6.45) is 13.4. The quantitative estimate of drug-likeness (QED) is 0.296. The molecule has 0 N–H and O–H groups in total. The predicted octanol–water partition coefficient (Wildman–Crippen LogP) is 5.10. The first-order valence-electron chi connectivity index (χ1n) is 7.32. The Kier molecular flexibility index (Phi) is 12.5. The molecule has 0 aliphatic heterocycles. The molecular weight excluding hydrogens is 243 g/mol. The maximum absolute atomic E-state index is 12.9. The summed E-state index contributed by atoms with van der Waals surface area (Å²) in [5.41, 5.74) is 0. The Morgan fingerprint density at radius 2 is 1.74 bits per heavy atom. The van der Waals surface area contributed by atoms with E-state index in [-0.39, 0.29) is 11.8 Å². The first-order chi connectivity index (χ1) is 9.16. The summed E-state index contributed by atoms with van der Waals surface area (Å²) in [5, 5.41) is 0. The van der Waals surface area contributed by atoms with Crippen molar-refractivity contribution in [3.05, 3.63) is 24.1 Å². The number of carbonyl (C=O) groups is 1. The van der Waals surface area contributed by atoms with Crippen molar-refractivity contribution < 1.29 is 13.9 Å². The number of hydrogen-bond donors (Lipinski definition) is 0. The van der Waals surface area contributed by atoms with Crippen molar-refractivity contribution in [3.63, 3.8) is 0 Å². The van der Waals surface area contributed by atoms with Crippen LogP contribution < -0.4 is 0 Å². The minimum absolute atomic E-state index is 0.132. The molecular formula is C16H27FO2. The van der Waals surface area contributed by atoms with Gasteiger partial charge in [0.1, 0.15) is 5.83 Å². The van der Waals surface area contributed by atoms with Crippen LogP contribution in [0.4, 0.5) is 4.39 Å². The largest absolute Gasteiger partial charge is 0.466 e. The Bertz CT molecular complexity index is 282. The minimum Gasteiger partial charge on any atom is -0.466 e. The highest BCUT2D eigenvalue weighted by Crippen LogP contribution is 2.09. The van der Waals surface area contributed by atoms with Gasteiger partial charge in [0.25, 0.3) is 0 Å². The van der Waals surface area contributed by atoms with E-state index in [0.29, 0.717) is 6.61 Å². The Labute approximate surface area is 116 Å². The zero-order valence-corrected chi connectivity index (χ0v) is 12.3. The van der Waals surface area contributed by atoms with E-state index in [4.69, 9.17) is 4.74 Å². The van der Waals surface area contributed by atoms with Crippen LogP contribution in [-0.2, 0) is 9.53 Å². The molecule has 0 atom stereocenters. The molecule has 0 aliphatic rings. The topological polar surface area (TPSA) is 26.3 Å². The van der Waals surface area contributed by atoms with E-state index >= 15 is 0 Å². The number of ether oxygens (including phenoxy) is 1. The monoisotopic (exact) mass is 270 g/mol. The third kappa shape index (κ3) is 14.8. The van der Waals surface area contributed by atoms with Crippen LogP contribution >= 0.6 is 0 Å². The van der Waals surface area contributed by atoms with Crippen molar-refractivity contribution in [1.82, 2.24) is 0 Å². The van der Waals surface area contributed by atoms with Crippen molar-refractivity contribution in [1.29, 1.82) is 0 Å². The highest BCUT2D eigenvalue weighted by molar-refractivity contribution is 5.65. The van der Waals surface area contributed by atoms with Crippen LogP contribution in [0, 0.1) is 0 Å². The van der Waals surface area contributed by atoms with Gasteiger partial charge in [-0.1, -0.05) is 38.7 Å². The SMILES string of the molecule is CC/C=C(F)/C=C\CCCCCCCCOC(C)=O. The second-order valence-electron chi connectivity index (χ2n) is 4.65. The average Bonchev–Trinajstić information content (AvgIpc) is 2.36. The van der Waals surface area contributed by atoms with Gasteiger partial charge in [-0.3, -0.25) is 4.79 Å². The minimum atomic E-state index is -0.198. The molecule has 0 aliphatic carbocycles. The fraction of sp³-hybridized carbons (Fsp3) is 0.688. The highest BCUT2D eigenvalue weighted by Gasteiger charge is 1.94. The van der Waals surface area contributed by atoms with Crippen molar-refractivity contribution >= 4 is 5.97 Å². The van der Waals surface area contributed by atoms with Gasteiger partial charge >= 0.3 is 5.97 Å². The normalized spacial score (nSPS) is 12.1. The van der Waals surface area contributed by atoms with E-state index < -0.39 is 0 Å². The van der Waals surface area contributed by atoms with Gasteiger partial charge in [0, 0.05) is 6.92 Å². The van der Waals surface area contributed by atoms with E-state index in [2.05, 4.69) is 0 Å². The molecule has 110 valence electrons. The van der Waals surface area contributed by atoms with Gasteiger partial charge in [-0.15, -0.1) is 0 Å². The van der Waals surface area contributed by atoms with Gasteiger partial charge in [0.15, 0.2) is 0 Å². The Morgan fingerprint density at radius 1 is 1.11 bits per heavy atom. The number of rotatable bonds is 11. The van der Waals surface area contributed by atoms with Gasteiger partial charge < -0.3 is 4.74 Å². The zero-order valence-electron chi connectivity index (χ0n) is 12.3. The molecule has 0 aromatic carbocycles.